The molecule has 0 saturated heterocycles. The average Bonchev–Trinajstić information content (AvgIpc) is 2.78. The maximum atomic E-state index is 11.0. The van der Waals surface area contributed by atoms with Crippen molar-refractivity contribution >= 4 is 11.1 Å². The summed E-state index contributed by atoms with van der Waals surface area (Å²) < 4.78 is 5.02. The van der Waals surface area contributed by atoms with Crippen LogP contribution in [-0.4, -0.2) is 29.8 Å². The third kappa shape index (κ3) is 3.68. The number of aliphatic hydroxyl groups excluding tert-OH is 1. The van der Waals surface area contributed by atoms with Crippen LogP contribution in [0.25, 0.3) is 11.1 Å². The summed E-state index contributed by atoms with van der Waals surface area (Å²) >= 11 is 0. The first-order valence-electron chi connectivity index (χ1n) is 6.66. The number of rotatable bonds is 7. The summed E-state index contributed by atoms with van der Waals surface area (Å²) in [4.78, 5) is 13.7. The molecule has 0 fully saturated rings. The summed E-state index contributed by atoms with van der Waals surface area (Å²) in [6, 6.07) is 5.73. The molecule has 0 saturated carbocycles. The Hall–Kier alpha value is -1.59. The number of hydrogen-bond acceptors (Lipinski definition) is 4. The Morgan fingerprint density at radius 2 is 2.32 bits per heavy atom. The number of nitrogens with one attached hydrogen (secondary N) is 2. The Kier molecular flexibility index (Phi) is 4.76. The van der Waals surface area contributed by atoms with Crippen molar-refractivity contribution in [2.75, 3.05) is 19.7 Å². The largest absolute Gasteiger partial charge is 0.417 e. The molecule has 1 aromatic carbocycles. The molecular formula is C14H20N2O3. The molecule has 5 nitrogen and oxygen atoms in total. The SMILES string of the molecule is CCC(CO)CNCCc1ccc2[nH]c(=O)oc2c1. The fraction of sp³-hybridized carbons (Fsp3) is 0.500. The number of H-pyrrole nitrogens is 1. The van der Waals surface area contributed by atoms with E-state index in [1.165, 1.54) is 0 Å². The maximum absolute atomic E-state index is 11.0. The van der Waals surface area contributed by atoms with Gasteiger partial charge in [-0.3, -0.25) is 4.98 Å². The van der Waals surface area contributed by atoms with E-state index in [0.717, 1.165) is 37.0 Å². The van der Waals surface area contributed by atoms with E-state index in [4.69, 9.17) is 9.52 Å². The number of aromatic amines is 1. The van der Waals surface area contributed by atoms with E-state index in [1.54, 1.807) is 0 Å². The van der Waals surface area contributed by atoms with Gasteiger partial charge in [0.2, 0.25) is 0 Å². The molecule has 2 aromatic rings. The molecule has 3 N–H and O–H groups in total. The lowest BCUT2D eigenvalue weighted by molar-refractivity contribution is 0.219. The third-order valence-electron chi connectivity index (χ3n) is 3.34. The molecule has 1 atom stereocenters. The molecule has 19 heavy (non-hydrogen) atoms. The molecule has 0 aliphatic rings. The monoisotopic (exact) mass is 264 g/mol. The molecule has 2 rings (SSSR count). The van der Waals surface area contributed by atoms with Gasteiger partial charge in [-0.15, -0.1) is 0 Å². The first-order chi connectivity index (χ1) is 9.22. The van der Waals surface area contributed by atoms with Gasteiger partial charge in [0.05, 0.1) is 5.52 Å². The van der Waals surface area contributed by atoms with Gasteiger partial charge in [0.15, 0.2) is 5.58 Å². The van der Waals surface area contributed by atoms with Crippen molar-refractivity contribution in [3.8, 4) is 0 Å². The molecule has 0 aliphatic carbocycles. The predicted octanol–water partition coefficient (Wildman–Crippen LogP) is 1.27. The van der Waals surface area contributed by atoms with Gasteiger partial charge in [-0.25, -0.2) is 4.79 Å². The Morgan fingerprint density at radius 1 is 1.47 bits per heavy atom. The molecule has 1 aromatic heterocycles. The number of benzene rings is 1. The summed E-state index contributed by atoms with van der Waals surface area (Å²) in [7, 11) is 0. The van der Waals surface area contributed by atoms with Gasteiger partial charge in [-0.2, -0.15) is 0 Å². The summed E-state index contributed by atoms with van der Waals surface area (Å²) in [5.41, 5.74) is 2.46. The number of hydrogen-bond donors (Lipinski definition) is 3. The van der Waals surface area contributed by atoms with Crippen LogP contribution < -0.4 is 11.1 Å². The van der Waals surface area contributed by atoms with Gasteiger partial charge in [0.25, 0.3) is 0 Å². The minimum Gasteiger partial charge on any atom is -0.408 e. The van der Waals surface area contributed by atoms with Gasteiger partial charge in [0.1, 0.15) is 0 Å². The minimum absolute atomic E-state index is 0.226. The molecule has 1 heterocycles. The highest BCUT2D eigenvalue weighted by Crippen LogP contribution is 2.12. The molecule has 0 aliphatic heterocycles. The number of aromatic nitrogens is 1. The highest BCUT2D eigenvalue weighted by molar-refractivity contribution is 5.72. The average molecular weight is 264 g/mol. The van der Waals surface area contributed by atoms with Crippen LogP contribution in [-0.2, 0) is 6.42 Å². The van der Waals surface area contributed by atoms with Gasteiger partial charge in [-0.05, 0) is 43.0 Å². The zero-order valence-electron chi connectivity index (χ0n) is 11.1. The molecule has 0 spiro atoms. The van der Waals surface area contributed by atoms with E-state index in [2.05, 4.69) is 17.2 Å². The van der Waals surface area contributed by atoms with E-state index >= 15 is 0 Å². The lowest BCUT2D eigenvalue weighted by atomic mass is 10.1. The van der Waals surface area contributed by atoms with E-state index < -0.39 is 5.76 Å². The summed E-state index contributed by atoms with van der Waals surface area (Å²) in [6.45, 7) is 3.97. The number of fused-ring (bicyclic) bond motifs is 1. The van der Waals surface area contributed by atoms with Crippen LogP contribution in [0.15, 0.2) is 27.4 Å². The fourth-order valence-corrected chi connectivity index (χ4v) is 2.02. The standard InChI is InChI=1S/C14H20N2O3/c1-2-10(9-17)8-15-6-5-11-3-4-12-13(7-11)19-14(18)16-12/h3-4,7,10,15,17H,2,5-6,8-9H2,1H3,(H,16,18). The lowest BCUT2D eigenvalue weighted by Crippen LogP contribution is -2.26. The molecule has 0 radical (unpaired) electrons. The van der Waals surface area contributed by atoms with E-state index in [9.17, 15) is 4.79 Å². The molecule has 104 valence electrons. The molecular weight excluding hydrogens is 244 g/mol. The molecule has 1 unspecified atom stereocenters. The minimum atomic E-state index is -0.418. The van der Waals surface area contributed by atoms with Crippen molar-refractivity contribution in [2.45, 2.75) is 19.8 Å². The van der Waals surface area contributed by atoms with E-state index in [-0.39, 0.29) is 6.61 Å². The van der Waals surface area contributed by atoms with Gasteiger partial charge >= 0.3 is 5.76 Å². The molecule has 0 bridgehead atoms. The first kappa shape index (κ1) is 13.8. The van der Waals surface area contributed by atoms with Crippen LogP contribution in [0.1, 0.15) is 18.9 Å². The second kappa shape index (κ2) is 6.54. The van der Waals surface area contributed by atoms with Crippen LogP contribution in [0.2, 0.25) is 0 Å². The van der Waals surface area contributed by atoms with E-state index in [0.29, 0.717) is 11.5 Å². The number of oxazole rings is 1. The van der Waals surface area contributed by atoms with E-state index in [1.807, 2.05) is 18.2 Å². The fourth-order valence-electron chi connectivity index (χ4n) is 2.02. The second-order valence-electron chi connectivity index (χ2n) is 4.76. The van der Waals surface area contributed by atoms with Crippen LogP contribution in [0, 0.1) is 5.92 Å². The zero-order valence-corrected chi connectivity index (χ0v) is 11.1. The molecule has 0 amide bonds. The van der Waals surface area contributed by atoms with Crippen molar-refractivity contribution in [3.63, 3.8) is 0 Å². The lowest BCUT2D eigenvalue weighted by Gasteiger charge is -2.12. The van der Waals surface area contributed by atoms with Crippen molar-refractivity contribution in [2.24, 2.45) is 5.92 Å². The van der Waals surface area contributed by atoms with Crippen molar-refractivity contribution in [1.82, 2.24) is 10.3 Å². The quantitative estimate of drug-likeness (QED) is 0.658. The normalized spacial score (nSPS) is 12.9. The van der Waals surface area contributed by atoms with Gasteiger partial charge < -0.3 is 14.8 Å². The summed E-state index contributed by atoms with van der Waals surface area (Å²) in [5.74, 6) is -0.0933. The third-order valence-corrected chi connectivity index (χ3v) is 3.34. The predicted molar refractivity (Wildman–Crippen MR) is 74.3 cm³/mol. The number of aliphatic hydroxyl groups is 1. The van der Waals surface area contributed by atoms with Gasteiger partial charge in [0, 0.05) is 13.2 Å². The summed E-state index contributed by atoms with van der Waals surface area (Å²) in [6.07, 6.45) is 1.84. The van der Waals surface area contributed by atoms with Crippen molar-refractivity contribution in [1.29, 1.82) is 0 Å². The van der Waals surface area contributed by atoms with Crippen molar-refractivity contribution < 1.29 is 9.52 Å². The first-order valence-corrected chi connectivity index (χ1v) is 6.66. The Morgan fingerprint density at radius 3 is 3.05 bits per heavy atom. The van der Waals surface area contributed by atoms with Crippen LogP contribution in [0.5, 0.6) is 0 Å². The van der Waals surface area contributed by atoms with Crippen LogP contribution in [0.3, 0.4) is 0 Å². The Labute approximate surface area is 111 Å². The summed E-state index contributed by atoms with van der Waals surface area (Å²) in [5, 5.41) is 12.4. The zero-order chi connectivity index (χ0) is 13.7. The second-order valence-corrected chi connectivity index (χ2v) is 4.76. The smallest absolute Gasteiger partial charge is 0.408 e. The van der Waals surface area contributed by atoms with Gasteiger partial charge in [-0.1, -0.05) is 13.0 Å². The Balaban J connectivity index is 1.86. The van der Waals surface area contributed by atoms with Crippen LogP contribution >= 0.6 is 0 Å². The highest BCUT2D eigenvalue weighted by Gasteiger charge is 2.04. The maximum Gasteiger partial charge on any atom is 0.417 e. The van der Waals surface area contributed by atoms with Crippen LogP contribution in [0.4, 0.5) is 0 Å². The van der Waals surface area contributed by atoms with Crippen molar-refractivity contribution in [3.05, 3.63) is 34.3 Å². The Bertz CT molecular complexity index is 569. The molecule has 5 heteroatoms. The topological polar surface area (TPSA) is 78.3 Å². The highest BCUT2D eigenvalue weighted by atomic mass is 16.4.